The van der Waals surface area contributed by atoms with Gasteiger partial charge in [0.25, 0.3) is 5.91 Å². The summed E-state index contributed by atoms with van der Waals surface area (Å²) in [4.78, 5) is 35.8. The summed E-state index contributed by atoms with van der Waals surface area (Å²) in [6.45, 7) is 7.81. The summed E-state index contributed by atoms with van der Waals surface area (Å²) in [5.41, 5.74) is 4.82. The lowest BCUT2D eigenvalue weighted by atomic mass is 10.1. The summed E-state index contributed by atoms with van der Waals surface area (Å²) in [6.07, 6.45) is 2.04. The highest BCUT2D eigenvalue weighted by atomic mass is 16.2. The molecule has 0 spiro atoms. The van der Waals surface area contributed by atoms with Gasteiger partial charge in [-0.1, -0.05) is 48.5 Å². The van der Waals surface area contributed by atoms with Gasteiger partial charge in [-0.05, 0) is 68.1 Å². The maximum atomic E-state index is 13.8. The Bertz CT molecular complexity index is 1220. The first kappa shape index (κ1) is 28.4. The fourth-order valence-corrected chi connectivity index (χ4v) is 5.17. The van der Waals surface area contributed by atoms with Crippen LogP contribution in [0.5, 0.6) is 0 Å². The minimum Gasteiger partial charge on any atom is -0.378 e. The number of aryl methyl sites for hydroxylation is 1. The summed E-state index contributed by atoms with van der Waals surface area (Å²) >= 11 is 0. The van der Waals surface area contributed by atoms with Crippen LogP contribution in [0, 0.1) is 0 Å². The van der Waals surface area contributed by atoms with Crippen LogP contribution in [-0.4, -0.2) is 67.9 Å². The molecule has 6 nitrogen and oxygen atoms in total. The van der Waals surface area contributed by atoms with Gasteiger partial charge < -0.3 is 14.7 Å². The second kappa shape index (κ2) is 13.4. The zero-order chi connectivity index (χ0) is 27.8. The van der Waals surface area contributed by atoms with E-state index in [1.165, 1.54) is 5.56 Å². The first-order chi connectivity index (χ1) is 18.8. The summed E-state index contributed by atoms with van der Waals surface area (Å²) in [6, 6.07) is 26.4. The van der Waals surface area contributed by atoms with E-state index in [1.54, 1.807) is 0 Å². The predicted octanol–water partition coefficient (Wildman–Crippen LogP) is 5.47. The normalized spacial score (nSPS) is 15.0. The fraction of sp³-hybridized carbons (Fsp3) is 0.394. The number of para-hydroxylation sites is 1. The molecule has 0 fully saturated rings. The van der Waals surface area contributed by atoms with E-state index in [0.29, 0.717) is 44.1 Å². The Balaban J connectivity index is 1.63. The lowest BCUT2D eigenvalue weighted by molar-refractivity contribution is -0.118. The number of amides is 2. The molecule has 6 heteroatoms. The third kappa shape index (κ3) is 7.48. The van der Waals surface area contributed by atoms with Crippen molar-refractivity contribution < 1.29 is 9.59 Å². The van der Waals surface area contributed by atoms with Gasteiger partial charge in [-0.2, -0.15) is 0 Å². The molecule has 1 aliphatic rings. The molecule has 0 aliphatic carbocycles. The van der Waals surface area contributed by atoms with Crippen molar-refractivity contribution in [2.45, 2.75) is 45.7 Å². The maximum Gasteiger partial charge on any atom is 0.254 e. The molecule has 0 N–H and O–H groups in total. The highest BCUT2D eigenvalue weighted by Gasteiger charge is 2.24. The van der Waals surface area contributed by atoms with E-state index in [0.717, 1.165) is 36.4 Å². The van der Waals surface area contributed by atoms with Crippen LogP contribution >= 0.6 is 0 Å². The van der Waals surface area contributed by atoms with Gasteiger partial charge in [0, 0.05) is 76.2 Å². The van der Waals surface area contributed by atoms with E-state index in [-0.39, 0.29) is 11.8 Å². The molecular formula is C33H42N4O2. The lowest BCUT2D eigenvalue weighted by Gasteiger charge is -2.30. The van der Waals surface area contributed by atoms with Gasteiger partial charge in [-0.25, -0.2) is 0 Å². The molecule has 2 amide bonds. The number of carbonyl (C=O) groups excluding carboxylic acids is 2. The second-order valence-electron chi connectivity index (χ2n) is 10.8. The van der Waals surface area contributed by atoms with Crippen LogP contribution in [0.2, 0.25) is 0 Å². The largest absolute Gasteiger partial charge is 0.378 e. The Hall–Kier alpha value is -3.64. The number of fused-ring (bicyclic) bond motifs is 1. The number of rotatable bonds is 6. The maximum absolute atomic E-state index is 13.8. The highest BCUT2D eigenvalue weighted by Crippen LogP contribution is 2.26. The smallest absolute Gasteiger partial charge is 0.254 e. The van der Waals surface area contributed by atoms with E-state index in [1.807, 2.05) is 89.5 Å². The number of nitrogens with zero attached hydrogens (tertiary/aromatic N) is 4. The second-order valence-corrected chi connectivity index (χ2v) is 10.8. The van der Waals surface area contributed by atoms with Gasteiger partial charge in [0.2, 0.25) is 5.91 Å². The molecule has 0 saturated heterocycles. The van der Waals surface area contributed by atoms with Crippen molar-refractivity contribution in [3.05, 3.63) is 95.6 Å². The number of hydrogen-bond donors (Lipinski definition) is 0. The fourth-order valence-electron chi connectivity index (χ4n) is 5.17. The molecule has 1 aliphatic heterocycles. The first-order valence-electron chi connectivity index (χ1n) is 14.1. The topological polar surface area (TPSA) is 47.1 Å². The van der Waals surface area contributed by atoms with Crippen molar-refractivity contribution in [1.29, 1.82) is 0 Å². The summed E-state index contributed by atoms with van der Waals surface area (Å²) < 4.78 is 0. The lowest BCUT2D eigenvalue weighted by Crippen LogP contribution is -2.41. The monoisotopic (exact) mass is 526 g/mol. The minimum atomic E-state index is 0.0139. The molecule has 1 heterocycles. The Labute approximate surface area is 233 Å². The molecule has 3 aromatic rings. The zero-order valence-corrected chi connectivity index (χ0v) is 23.8. The zero-order valence-electron chi connectivity index (χ0n) is 23.8. The molecule has 0 bridgehead atoms. The molecule has 0 unspecified atom stereocenters. The Morgan fingerprint density at radius 2 is 1.51 bits per heavy atom. The first-order valence-corrected chi connectivity index (χ1v) is 14.1. The van der Waals surface area contributed by atoms with Crippen molar-refractivity contribution in [2.24, 2.45) is 0 Å². The minimum absolute atomic E-state index is 0.0139. The van der Waals surface area contributed by atoms with Crippen molar-refractivity contribution >= 4 is 23.2 Å². The van der Waals surface area contributed by atoms with Crippen LogP contribution in [0.3, 0.4) is 0 Å². The number of benzene rings is 3. The van der Waals surface area contributed by atoms with Gasteiger partial charge in [0.1, 0.15) is 0 Å². The van der Waals surface area contributed by atoms with E-state index >= 15 is 0 Å². The van der Waals surface area contributed by atoms with Crippen LogP contribution < -0.4 is 9.80 Å². The van der Waals surface area contributed by atoms with E-state index in [2.05, 4.69) is 36.9 Å². The van der Waals surface area contributed by atoms with Crippen molar-refractivity contribution in [1.82, 2.24) is 9.80 Å². The van der Waals surface area contributed by atoms with Crippen LogP contribution in [0.4, 0.5) is 11.4 Å². The average molecular weight is 527 g/mol. The van der Waals surface area contributed by atoms with E-state index in [4.69, 9.17) is 0 Å². The molecule has 3 aromatic carbocycles. The average Bonchev–Trinajstić information content (AvgIpc) is 2.98. The van der Waals surface area contributed by atoms with Gasteiger partial charge >= 0.3 is 0 Å². The summed E-state index contributed by atoms with van der Waals surface area (Å²) in [5, 5.41) is 0. The quantitative estimate of drug-likeness (QED) is 0.427. The van der Waals surface area contributed by atoms with Gasteiger partial charge in [-0.15, -0.1) is 0 Å². The Kier molecular flexibility index (Phi) is 9.77. The molecule has 0 saturated carbocycles. The number of carbonyl (C=O) groups is 2. The number of anilines is 2. The standard InChI is InChI=1S/C33H42N4O2/c1-26(2)35-21-10-22-37(32(38)20-15-27-11-6-5-7-12-27)31-14-9-8-13-29(31)25-36(24-23-35)33(39)28-16-18-30(19-17-28)34(3)4/h5-9,11-14,16-19,26H,10,15,20-25H2,1-4H3. The highest BCUT2D eigenvalue weighted by molar-refractivity contribution is 5.96. The van der Waals surface area contributed by atoms with Crippen molar-refractivity contribution in [2.75, 3.05) is 50.1 Å². The van der Waals surface area contributed by atoms with Crippen LogP contribution in [0.1, 0.15) is 48.2 Å². The number of hydrogen-bond acceptors (Lipinski definition) is 4. The van der Waals surface area contributed by atoms with Crippen LogP contribution in [0.25, 0.3) is 0 Å². The summed E-state index contributed by atoms with van der Waals surface area (Å²) in [7, 11) is 3.99. The van der Waals surface area contributed by atoms with Crippen LogP contribution in [-0.2, 0) is 17.8 Å². The van der Waals surface area contributed by atoms with Gasteiger partial charge in [0.15, 0.2) is 0 Å². The predicted molar refractivity (Wildman–Crippen MR) is 160 cm³/mol. The van der Waals surface area contributed by atoms with Crippen LogP contribution in [0.15, 0.2) is 78.9 Å². The Morgan fingerprint density at radius 3 is 2.21 bits per heavy atom. The summed E-state index contributed by atoms with van der Waals surface area (Å²) in [5.74, 6) is 0.138. The molecular weight excluding hydrogens is 484 g/mol. The molecule has 206 valence electrons. The van der Waals surface area contributed by atoms with Crippen molar-refractivity contribution in [3.63, 3.8) is 0 Å². The van der Waals surface area contributed by atoms with E-state index < -0.39 is 0 Å². The SMILES string of the molecule is CC(C)N1CCCN(C(=O)CCc2ccccc2)c2ccccc2CN(C(=O)c2ccc(N(C)C)cc2)CC1. The molecule has 0 atom stereocenters. The molecule has 0 aromatic heterocycles. The van der Waals surface area contributed by atoms with Gasteiger partial charge in [0.05, 0.1) is 0 Å². The van der Waals surface area contributed by atoms with E-state index in [9.17, 15) is 9.59 Å². The molecule has 4 rings (SSSR count). The third-order valence-electron chi connectivity index (χ3n) is 7.55. The Morgan fingerprint density at radius 1 is 0.821 bits per heavy atom. The third-order valence-corrected chi connectivity index (χ3v) is 7.55. The van der Waals surface area contributed by atoms with Crippen molar-refractivity contribution in [3.8, 4) is 0 Å². The molecule has 39 heavy (non-hydrogen) atoms. The molecule has 0 radical (unpaired) electrons. The van der Waals surface area contributed by atoms with Gasteiger partial charge in [-0.3, -0.25) is 14.5 Å².